The topological polar surface area (TPSA) is 64.1 Å². The van der Waals surface area contributed by atoms with Crippen LogP contribution < -0.4 is 10.1 Å². The number of amides is 1. The number of nitrogens with zero attached hydrogens (tertiary/aromatic N) is 2. The van der Waals surface area contributed by atoms with Crippen molar-refractivity contribution in [2.45, 2.75) is 39.5 Å². The van der Waals surface area contributed by atoms with Gasteiger partial charge >= 0.3 is 0 Å². The molecule has 1 aromatic carbocycles. The Hall–Kier alpha value is -2.47. The van der Waals surface area contributed by atoms with E-state index >= 15 is 0 Å². The predicted molar refractivity (Wildman–Crippen MR) is 109 cm³/mol. The summed E-state index contributed by atoms with van der Waals surface area (Å²) in [5.74, 6) is 1.04. The Bertz CT molecular complexity index is 983. The van der Waals surface area contributed by atoms with Crippen LogP contribution >= 0.6 is 11.3 Å². The molecule has 27 heavy (non-hydrogen) atoms. The molecule has 3 aromatic rings. The summed E-state index contributed by atoms with van der Waals surface area (Å²) in [6.07, 6.45) is 5.67. The van der Waals surface area contributed by atoms with Crippen molar-refractivity contribution >= 4 is 33.1 Å². The molecule has 0 spiro atoms. The van der Waals surface area contributed by atoms with Gasteiger partial charge < -0.3 is 10.1 Å². The lowest BCUT2D eigenvalue weighted by atomic mass is 9.89. The van der Waals surface area contributed by atoms with Gasteiger partial charge in [-0.15, -0.1) is 11.3 Å². The van der Waals surface area contributed by atoms with Crippen molar-refractivity contribution in [1.29, 1.82) is 0 Å². The maximum absolute atomic E-state index is 12.4. The monoisotopic (exact) mass is 381 g/mol. The molecule has 0 aliphatic heterocycles. The van der Waals surface area contributed by atoms with Crippen molar-refractivity contribution in [3.63, 3.8) is 0 Å². The number of fused-ring (bicyclic) bond motifs is 3. The van der Waals surface area contributed by atoms with E-state index in [4.69, 9.17) is 4.74 Å². The molecule has 5 nitrogen and oxygen atoms in total. The molecule has 0 fully saturated rings. The molecule has 1 unspecified atom stereocenters. The summed E-state index contributed by atoms with van der Waals surface area (Å²) in [4.78, 5) is 23.5. The largest absolute Gasteiger partial charge is 0.467 e. The number of aromatic nitrogens is 2. The number of hydrogen-bond acceptors (Lipinski definition) is 5. The number of nitrogens with one attached hydrogen (secondary N) is 1. The zero-order valence-electron chi connectivity index (χ0n) is 15.6. The maximum Gasteiger partial charge on any atom is 0.262 e. The fourth-order valence-electron chi connectivity index (χ4n) is 3.63. The van der Waals surface area contributed by atoms with E-state index in [2.05, 4.69) is 29.1 Å². The smallest absolute Gasteiger partial charge is 0.262 e. The minimum atomic E-state index is -0.180. The number of thiophene rings is 1. The Balaban J connectivity index is 1.51. The van der Waals surface area contributed by atoms with Gasteiger partial charge in [-0.1, -0.05) is 32.0 Å². The van der Waals surface area contributed by atoms with Crippen LogP contribution in [0.15, 0.2) is 30.6 Å². The Morgan fingerprint density at radius 1 is 1.33 bits per heavy atom. The molecule has 1 aliphatic rings. The average molecular weight is 382 g/mol. The minimum Gasteiger partial charge on any atom is -0.467 e. The van der Waals surface area contributed by atoms with Gasteiger partial charge in [0.05, 0.1) is 5.39 Å². The number of aryl methyl sites for hydroxylation is 2. The lowest BCUT2D eigenvalue weighted by Crippen LogP contribution is -2.21. The first-order valence-electron chi connectivity index (χ1n) is 9.41. The van der Waals surface area contributed by atoms with Crippen LogP contribution in [-0.2, 0) is 24.1 Å². The molecule has 0 bridgehead atoms. The summed E-state index contributed by atoms with van der Waals surface area (Å²) in [6.45, 7) is 4.29. The number of anilines is 1. The standard InChI is InChI=1S/C21H23N3O2S/c1-3-14-6-4-5-7-16(14)24-18(25)11-26-20-19-15-9-8-13(2)10-17(15)27-21(19)23-12-22-20/h4-7,12-13H,3,8-11H2,1-2H3,(H,24,25). The van der Waals surface area contributed by atoms with Crippen LogP contribution in [0.4, 0.5) is 5.69 Å². The molecule has 1 N–H and O–H groups in total. The van der Waals surface area contributed by atoms with Gasteiger partial charge in [0.15, 0.2) is 6.61 Å². The van der Waals surface area contributed by atoms with Crippen LogP contribution in [0.1, 0.15) is 36.3 Å². The molecular formula is C21H23N3O2S. The molecule has 0 radical (unpaired) electrons. The molecule has 1 atom stereocenters. The number of hydrogen-bond donors (Lipinski definition) is 1. The SMILES string of the molecule is CCc1ccccc1NC(=O)COc1ncnc2sc3c(c12)CCC(C)C3. The van der Waals surface area contributed by atoms with E-state index in [0.717, 1.165) is 40.7 Å². The van der Waals surface area contributed by atoms with Crippen molar-refractivity contribution in [2.75, 3.05) is 11.9 Å². The minimum absolute atomic E-state index is 0.0643. The van der Waals surface area contributed by atoms with E-state index in [-0.39, 0.29) is 12.5 Å². The van der Waals surface area contributed by atoms with E-state index in [1.165, 1.54) is 23.2 Å². The van der Waals surface area contributed by atoms with E-state index in [1.54, 1.807) is 11.3 Å². The van der Waals surface area contributed by atoms with Crippen LogP contribution in [0.2, 0.25) is 0 Å². The van der Waals surface area contributed by atoms with E-state index < -0.39 is 0 Å². The van der Waals surface area contributed by atoms with Gasteiger partial charge in [-0.05, 0) is 48.8 Å². The first-order valence-corrected chi connectivity index (χ1v) is 10.2. The van der Waals surface area contributed by atoms with Gasteiger partial charge in [0.2, 0.25) is 5.88 Å². The first kappa shape index (κ1) is 17.9. The summed E-state index contributed by atoms with van der Waals surface area (Å²) in [7, 11) is 0. The van der Waals surface area contributed by atoms with Crippen molar-refractivity contribution in [2.24, 2.45) is 5.92 Å². The normalized spacial score (nSPS) is 16.1. The molecule has 2 aromatic heterocycles. The number of rotatable bonds is 5. The highest BCUT2D eigenvalue weighted by atomic mass is 32.1. The lowest BCUT2D eigenvalue weighted by molar-refractivity contribution is -0.118. The van der Waals surface area contributed by atoms with Gasteiger partial charge in [-0.2, -0.15) is 0 Å². The molecule has 140 valence electrons. The zero-order valence-corrected chi connectivity index (χ0v) is 16.4. The summed E-state index contributed by atoms with van der Waals surface area (Å²) in [5, 5.41) is 3.93. The van der Waals surface area contributed by atoms with Crippen LogP contribution in [0.3, 0.4) is 0 Å². The van der Waals surface area contributed by atoms with Crippen molar-refractivity contribution in [3.8, 4) is 5.88 Å². The van der Waals surface area contributed by atoms with E-state index in [9.17, 15) is 4.79 Å². The van der Waals surface area contributed by atoms with Crippen molar-refractivity contribution in [1.82, 2.24) is 9.97 Å². The Morgan fingerprint density at radius 3 is 3.04 bits per heavy atom. The fraction of sp³-hybridized carbons (Fsp3) is 0.381. The predicted octanol–water partition coefficient (Wildman–Crippen LogP) is 4.40. The highest BCUT2D eigenvalue weighted by molar-refractivity contribution is 7.18. The van der Waals surface area contributed by atoms with Crippen LogP contribution in [0.5, 0.6) is 5.88 Å². The number of ether oxygens (including phenoxy) is 1. The second-order valence-corrected chi connectivity index (χ2v) is 8.14. The lowest BCUT2D eigenvalue weighted by Gasteiger charge is -2.18. The Labute approximate surface area is 162 Å². The second-order valence-electron chi connectivity index (χ2n) is 7.06. The second kappa shape index (κ2) is 7.64. The number of carbonyl (C=O) groups is 1. The molecule has 0 saturated heterocycles. The number of carbonyl (C=O) groups excluding carboxylic acids is 1. The third-order valence-electron chi connectivity index (χ3n) is 5.07. The van der Waals surface area contributed by atoms with Crippen LogP contribution in [0, 0.1) is 5.92 Å². The highest BCUT2D eigenvalue weighted by Crippen LogP contribution is 2.40. The fourth-order valence-corrected chi connectivity index (χ4v) is 4.97. The van der Waals surface area contributed by atoms with E-state index in [0.29, 0.717) is 11.8 Å². The average Bonchev–Trinajstić information content (AvgIpc) is 3.04. The molecule has 2 heterocycles. The summed E-state index contributed by atoms with van der Waals surface area (Å²) < 4.78 is 5.82. The Kier molecular flexibility index (Phi) is 5.07. The van der Waals surface area contributed by atoms with Gasteiger partial charge in [0.25, 0.3) is 5.91 Å². The summed E-state index contributed by atoms with van der Waals surface area (Å²) >= 11 is 1.73. The van der Waals surface area contributed by atoms with Crippen molar-refractivity contribution < 1.29 is 9.53 Å². The molecule has 0 saturated carbocycles. The van der Waals surface area contributed by atoms with Crippen molar-refractivity contribution in [3.05, 3.63) is 46.6 Å². The molecule has 1 amide bonds. The van der Waals surface area contributed by atoms with Crippen LogP contribution in [-0.4, -0.2) is 22.5 Å². The van der Waals surface area contributed by atoms with Gasteiger partial charge in [0.1, 0.15) is 11.2 Å². The number of para-hydroxylation sites is 1. The molecule has 1 aliphatic carbocycles. The molecular weight excluding hydrogens is 358 g/mol. The van der Waals surface area contributed by atoms with Gasteiger partial charge in [-0.25, -0.2) is 9.97 Å². The Morgan fingerprint density at radius 2 is 2.19 bits per heavy atom. The van der Waals surface area contributed by atoms with Crippen LogP contribution in [0.25, 0.3) is 10.2 Å². The van der Waals surface area contributed by atoms with E-state index in [1.807, 2.05) is 24.3 Å². The van der Waals surface area contributed by atoms with Gasteiger partial charge in [0, 0.05) is 10.6 Å². The molecule has 4 rings (SSSR count). The third kappa shape index (κ3) is 3.67. The maximum atomic E-state index is 12.4. The highest BCUT2D eigenvalue weighted by Gasteiger charge is 2.24. The van der Waals surface area contributed by atoms with Gasteiger partial charge in [-0.3, -0.25) is 4.79 Å². The summed E-state index contributed by atoms with van der Waals surface area (Å²) in [6, 6.07) is 7.82. The first-order chi connectivity index (χ1) is 13.2. The molecule has 6 heteroatoms. The third-order valence-corrected chi connectivity index (χ3v) is 6.23. The zero-order chi connectivity index (χ0) is 18.8. The summed E-state index contributed by atoms with van der Waals surface area (Å²) in [5.41, 5.74) is 3.25. The number of benzene rings is 1. The quantitative estimate of drug-likeness (QED) is 0.712.